The molecule has 0 aliphatic carbocycles. The van der Waals surface area contributed by atoms with Crippen LogP contribution in [-0.4, -0.2) is 37.4 Å². The average Bonchev–Trinajstić information content (AvgIpc) is 2.51. The van der Waals surface area contributed by atoms with Crippen molar-refractivity contribution in [2.75, 3.05) is 26.0 Å². The third-order valence-electron chi connectivity index (χ3n) is 3.94. The van der Waals surface area contributed by atoms with Crippen LogP contribution in [0.2, 0.25) is 0 Å². The molecule has 0 aliphatic heterocycles. The molecular weight excluding hydrogens is 291 g/mol. The summed E-state index contributed by atoms with van der Waals surface area (Å²) in [7, 11) is 4.04. The average molecular weight is 314 g/mol. The fourth-order valence-electron chi connectivity index (χ4n) is 2.58. The zero-order valence-corrected chi connectivity index (χ0v) is 13.8. The molecule has 0 amide bonds. The van der Waals surface area contributed by atoms with E-state index in [0.29, 0.717) is 12.2 Å². The number of benzene rings is 2. The SMILES string of the molecule is CC(=O)c1c(F)cccc1NCC(Cc1ccccc1)N(C)C. The van der Waals surface area contributed by atoms with E-state index in [0.717, 1.165) is 6.42 Å². The monoisotopic (exact) mass is 314 g/mol. The van der Waals surface area contributed by atoms with Crippen LogP contribution in [0.1, 0.15) is 22.8 Å². The molecule has 3 nitrogen and oxygen atoms in total. The number of likely N-dealkylation sites (N-methyl/N-ethyl adjacent to an activating group) is 1. The highest BCUT2D eigenvalue weighted by Gasteiger charge is 2.16. The quantitative estimate of drug-likeness (QED) is 0.792. The number of anilines is 1. The predicted octanol–water partition coefficient (Wildman–Crippen LogP) is 3.61. The van der Waals surface area contributed by atoms with Gasteiger partial charge in [-0.3, -0.25) is 4.79 Å². The van der Waals surface area contributed by atoms with Crippen LogP contribution in [-0.2, 0) is 6.42 Å². The summed E-state index contributed by atoms with van der Waals surface area (Å²) in [6.07, 6.45) is 0.881. The van der Waals surface area contributed by atoms with Gasteiger partial charge in [-0.2, -0.15) is 0 Å². The van der Waals surface area contributed by atoms with E-state index in [9.17, 15) is 9.18 Å². The van der Waals surface area contributed by atoms with Gasteiger partial charge in [0.25, 0.3) is 0 Å². The minimum absolute atomic E-state index is 0.129. The van der Waals surface area contributed by atoms with E-state index in [1.807, 2.05) is 32.3 Å². The summed E-state index contributed by atoms with van der Waals surface area (Å²) >= 11 is 0. The summed E-state index contributed by atoms with van der Waals surface area (Å²) in [4.78, 5) is 13.8. The van der Waals surface area contributed by atoms with Crippen LogP contribution in [0.15, 0.2) is 48.5 Å². The van der Waals surface area contributed by atoms with Crippen LogP contribution < -0.4 is 5.32 Å². The van der Waals surface area contributed by atoms with Crippen molar-refractivity contribution in [3.63, 3.8) is 0 Å². The topological polar surface area (TPSA) is 32.3 Å². The first-order chi connectivity index (χ1) is 11.0. The van der Waals surface area contributed by atoms with Gasteiger partial charge in [-0.15, -0.1) is 0 Å². The summed E-state index contributed by atoms with van der Waals surface area (Å²) in [5.41, 5.74) is 1.93. The summed E-state index contributed by atoms with van der Waals surface area (Å²) in [6.45, 7) is 2.02. The van der Waals surface area contributed by atoms with Crippen molar-refractivity contribution < 1.29 is 9.18 Å². The molecule has 0 aliphatic rings. The third-order valence-corrected chi connectivity index (χ3v) is 3.94. The Kier molecular flexibility index (Phi) is 5.88. The maximum absolute atomic E-state index is 13.9. The molecule has 0 aromatic heterocycles. The van der Waals surface area contributed by atoms with Gasteiger partial charge < -0.3 is 10.2 Å². The second-order valence-corrected chi connectivity index (χ2v) is 5.91. The number of hydrogen-bond acceptors (Lipinski definition) is 3. The summed E-state index contributed by atoms with van der Waals surface area (Å²) in [5, 5.41) is 3.23. The molecule has 2 aromatic carbocycles. The van der Waals surface area contributed by atoms with Gasteiger partial charge in [0.05, 0.1) is 5.56 Å². The van der Waals surface area contributed by atoms with Gasteiger partial charge >= 0.3 is 0 Å². The molecule has 4 heteroatoms. The lowest BCUT2D eigenvalue weighted by Gasteiger charge is -2.25. The van der Waals surface area contributed by atoms with Gasteiger partial charge in [0.15, 0.2) is 5.78 Å². The van der Waals surface area contributed by atoms with Crippen LogP contribution in [0.5, 0.6) is 0 Å². The summed E-state index contributed by atoms with van der Waals surface area (Å²) in [5.74, 6) is -0.748. The minimum Gasteiger partial charge on any atom is -0.383 e. The lowest BCUT2D eigenvalue weighted by atomic mass is 10.0. The standard InChI is InChI=1S/C19H23FN2O/c1-14(23)19-17(20)10-7-11-18(19)21-13-16(22(2)3)12-15-8-5-4-6-9-15/h4-11,16,21H,12-13H2,1-3H3. The van der Waals surface area contributed by atoms with E-state index in [2.05, 4.69) is 22.3 Å². The molecule has 0 heterocycles. The number of carbonyl (C=O) groups excluding carboxylic acids is 1. The fraction of sp³-hybridized carbons (Fsp3) is 0.316. The van der Waals surface area contributed by atoms with Gasteiger partial charge in [-0.1, -0.05) is 36.4 Å². The Hall–Kier alpha value is -2.20. The number of nitrogens with one attached hydrogen (secondary N) is 1. The highest BCUT2D eigenvalue weighted by Crippen LogP contribution is 2.20. The first-order valence-electron chi connectivity index (χ1n) is 7.72. The van der Waals surface area contributed by atoms with Gasteiger partial charge in [0.1, 0.15) is 5.82 Å². The number of hydrogen-bond donors (Lipinski definition) is 1. The zero-order chi connectivity index (χ0) is 16.8. The van der Waals surface area contributed by atoms with Crippen molar-refractivity contribution in [2.45, 2.75) is 19.4 Å². The molecule has 0 radical (unpaired) electrons. The van der Waals surface area contributed by atoms with Crippen LogP contribution in [0.25, 0.3) is 0 Å². The zero-order valence-electron chi connectivity index (χ0n) is 13.8. The largest absolute Gasteiger partial charge is 0.383 e. The second kappa shape index (κ2) is 7.88. The van der Waals surface area contributed by atoms with Crippen LogP contribution in [0, 0.1) is 5.82 Å². The van der Waals surface area contributed by atoms with E-state index >= 15 is 0 Å². The normalized spacial score (nSPS) is 12.2. The van der Waals surface area contributed by atoms with Crippen molar-refractivity contribution in [3.05, 3.63) is 65.5 Å². The van der Waals surface area contributed by atoms with Crippen molar-refractivity contribution >= 4 is 11.5 Å². The molecule has 0 saturated heterocycles. The lowest BCUT2D eigenvalue weighted by molar-refractivity contribution is 0.101. The van der Waals surface area contributed by atoms with Crippen molar-refractivity contribution in [1.82, 2.24) is 4.90 Å². The van der Waals surface area contributed by atoms with Gasteiger partial charge in [0.2, 0.25) is 0 Å². The number of nitrogens with zero attached hydrogens (tertiary/aromatic N) is 1. The van der Waals surface area contributed by atoms with E-state index in [1.165, 1.54) is 18.6 Å². The van der Waals surface area contributed by atoms with Crippen LogP contribution in [0.4, 0.5) is 10.1 Å². The smallest absolute Gasteiger partial charge is 0.164 e. The Morgan fingerprint density at radius 2 is 1.83 bits per heavy atom. The summed E-state index contributed by atoms with van der Waals surface area (Å²) < 4.78 is 13.9. The summed E-state index contributed by atoms with van der Waals surface area (Å²) in [6, 6.07) is 15.2. The maximum Gasteiger partial charge on any atom is 0.164 e. The number of halogens is 1. The van der Waals surface area contributed by atoms with Crippen molar-refractivity contribution in [3.8, 4) is 0 Å². The number of ketones is 1. The lowest BCUT2D eigenvalue weighted by Crippen LogP contribution is -2.36. The molecule has 2 rings (SSSR count). The minimum atomic E-state index is -0.480. The Morgan fingerprint density at radius 3 is 2.43 bits per heavy atom. The van der Waals surface area contributed by atoms with Crippen LogP contribution >= 0.6 is 0 Å². The van der Waals surface area contributed by atoms with Gasteiger partial charge in [0, 0.05) is 18.3 Å². The fourth-order valence-corrected chi connectivity index (χ4v) is 2.58. The predicted molar refractivity (Wildman–Crippen MR) is 92.5 cm³/mol. The first-order valence-corrected chi connectivity index (χ1v) is 7.72. The first kappa shape index (κ1) is 17.2. The Labute approximate surface area is 137 Å². The van der Waals surface area contributed by atoms with Crippen molar-refractivity contribution in [1.29, 1.82) is 0 Å². The Balaban J connectivity index is 2.11. The molecular formula is C19H23FN2O. The van der Waals surface area contributed by atoms with E-state index in [-0.39, 0.29) is 17.4 Å². The van der Waals surface area contributed by atoms with E-state index < -0.39 is 5.82 Å². The molecule has 0 spiro atoms. The maximum atomic E-state index is 13.9. The van der Waals surface area contributed by atoms with Gasteiger partial charge in [-0.05, 0) is 45.1 Å². The Bertz CT molecular complexity index is 656. The van der Waals surface area contributed by atoms with Crippen LogP contribution in [0.3, 0.4) is 0 Å². The Morgan fingerprint density at radius 1 is 1.13 bits per heavy atom. The molecule has 23 heavy (non-hydrogen) atoms. The molecule has 1 unspecified atom stereocenters. The molecule has 1 N–H and O–H groups in total. The molecule has 1 atom stereocenters. The molecule has 2 aromatic rings. The van der Waals surface area contributed by atoms with E-state index in [4.69, 9.17) is 0 Å². The van der Waals surface area contributed by atoms with E-state index in [1.54, 1.807) is 12.1 Å². The highest BCUT2D eigenvalue weighted by atomic mass is 19.1. The van der Waals surface area contributed by atoms with Crippen molar-refractivity contribution in [2.24, 2.45) is 0 Å². The third kappa shape index (κ3) is 4.63. The number of rotatable bonds is 7. The molecule has 0 saturated carbocycles. The number of Topliss-reactive ketones (excluding diaryl/α,β-unsaturated/α-hetero) is 1. The highest BCUT2D eigenvalue weighted by molar-refractivity contribution is 5.99. The van der Waals surface area contributed by atoms with Gasteiger partial charge in [-0.25, -0.2) is 4.39 Å². The second-order valence-electron chi connectivity index (χ2n) is 5.91. The number of carbonyl (C=O) groups is 1. The molecule has 0 bridgehead atoms. The molecule has 0 fully saturated rings. The molecule has 122 valence electrons.